The zero-order chi connectivity index (χ0) is 71.2. The molecule has 502 valence electrons. The van der Waals surface area contributed by atoms with Crippen LogP contribution in [-0.2, 0) is 9.31 Å². The first-order valence-electron chi connectivity index (χ1n) is 36.5. The van der Waals surface area contributed by atoms with Gasteiger partial charge in [-0.05, 0) is 217 Å². The minimum absolute atomic E-state index is 0.409. The van der Waals surface area contributed by atoms with Crippen molar-refractivity contribution in [3.8, 4) is 55.8 Å². The van der Waals surface area contributed by atoms with Crippen LogP contribution in [0.25, 0.3) is 185 Å². The second-order valence-corrected chi connectivity index (χ2v) is 29.3. The summed E-state index contributed by atoms with van der Waals surface area (Å²) in [5.74, 6) is 0. The number of hydrogen-bond donors (Lipinski definition) is 0. The first-order chi connectivity index (χ1) is 51.9. The molecule has 2 aromatic heterocycles. The quantitative estimate of drug-likeness (QED) is 0.0720. The van der Waals surface area contributed by atoms with Crippen molar-refractivity contribution >= 4 is 154 Å². The molecule has 1 fully saturated rings. The van der Waals surface area contributed by atoms with Crippen LogP contribution in [-0.4, -0.2) is 28.3 Å². The minimum Gasteiger partial charge on any atom is -0.399 e. The molecule has 0 spiro atoms. The average molecular weight is 1380 g/mol. The second kappa shape index (κ2) is 26.1. The fourth-order valence-electron chi connectivity index (χ4n) is 16.3. The van der Waals surface area contributed by atoms with E-state index in [0.717, 1.165) is 43.9 Å². The van der Waals surface area contributed by atoms with Crippen molar-refractivity contribution in [2.45, 2.75) is 38.9 Å². The number of aromatic nitrogens is 2. The highest BCUT2D eigenvalue weighted by Crippen LogP contribution is 2.49. The summed E-state index contributed by atoms with van der Waals surface area (Å²) in [6.07, 6.45) is 0. The van der Waals surface area contributed by atoms with Gasteiger partial charge in [-0.15, -0.1) is 0 Å². The molecule has 6 heteroatoms. The smallest absolute Gasteiger partial charge is 0.399 e. The number of benzene rings is 18. The van der Waals surface area contributed by atoms with Gasteiger partial charge in [0.25, 0.3) is 0 Å². The van der Waals surface area contributed by atoms with E-state index in [2.05, 4.69) is 348 Å². The van der Waals surface area contributed by atoms with Gasteiger partial charge in [0.15, 0.2) is 0 Å². The lowest BCUT2D eigenvalue weighted by atomic mass is 9.76. The Hall–Kier alpha value is -12.3. The fourth-order valence-corrected chi connectivity index (χ4v) is 16.5. The maximum atomic E-state index is 6.53. The van der Waals surface area contributed by atoms with Gasteiger partial charge < -0.3 is 9.31 Å². The third-order valence-electron chi connectivity index (χ3n) is 22.2. The first kappa shape index (κ1) is 64.5. The number of para-hydroxylation sites is 2. The average Bonchev–Trinajstić information content (AvgIpc) is 0.785. The van der Waals surface area contributed by atoms with Gasteiger partial charge in [-0.2, -0.15) is 0 Å². The van der Waals surface area contributed by atoms with Crippen molar-refractivity contribution in [2.75, 3.05) is 0 Å². The Morgan fingerprint density at radius 3 is 0.953 bits per heavy atom. The standard InChI is InChI=1S/C47H29N.C40H33BO2.C13H8ClN/c1-3-13-32-27-34(23-21-30(32)11-1)45-39-17-6-7-18-40(39)46(35-24-22-31-12-2-4-14-33(31)28-35)43-29-36(25-26-41(43)45)47-42-19-8-5-15-37(42)38-16-9-10-20-44(38)48-47;1-39(2)40(3,4)43-41(42-39)32-21-22-35-36(25-32)38(31-20-18-27-12-6-8-14-29(27)24-31)34-16-10-9-15-33(34)37(35)30-19-17-26-11-5-7-13-28(26)23-30;14-13-11-7-2-1-5-9(11)10-6-3-4-8-12(10)15-13/h1-29H;5-25H,1-4H3;1-8H. The van der Waals surface area contributed by atoms with Gasteiger partial charge in [-0.1, -0.05) is 321 Å². The monoisotopic (exact) mass is 1380 g/mol. The maximum Gasteiger partial charge on any atom is 0.494 e. The van der Waals surface area contributed by atoms with Crippen molar-refractivity contribution in [2.24, 2.45) is 0 Å². The van der Waals surface area contributed by atoms with E-state index in [-0.39, 0.29) is 0 Å². The van der Waals surface area contributed by atoms with Crippen LogP contribution in [0.5, 0.6) is 0 Å². The van der Waals surface area contributed by atoms with Gasteiger partial charge in [0.1, 0.15) is 5.15 Å². The summed E-state index contributed by atoms with van der Waals surface area (Å²) in [5, 5.41) is 27.3. The third kappa shape index (κ3) is 11.3. The molecule has 4 nitrogen and oxygen atoms in total. The summed E-state index contributed by atoms with van der Waals surface area (Å²) in [5.41, 5.74) is 14.2. The van der Waals surface area contributed by atoms with E-state index in [0.29, 0.717) is 5.15 Å². The summed E-state index contributed by atoms with van der Waals surface area (Å²) in [4.78, 5) is 9.67. The molecule has 106 heavy (non-hydrogen) atoms. The van der Waals surface area contributed by atoms with Gasteiger partial charge in [0.05, 0.1) is 27.9 Å². The minimum atomic E-state index is -0.436. The zero-order valence-electron chi connectivity index (χ0n) is 59.2. The van der Waals surface area contributed by atoms with Gasteiger partial charge >= 0.3 is 7.12 Å². The molecule has 0 amide bonds. The van der Waals surface area contributed by atoms with Crippen LogP contribution in [0, 0.1) is 0 Å². The zero-order valence-corrected chi connectivity index (χ0v) is 59.9. The molecule has 0 N–H and O–H groups in total. The summed E-state index contributed by atoms with van der Waals surface area (Å²) < 4.78 is 13.1. The highest BCUT2D eigenvalue weighted by atomic mass is 35.5. The van der Waals surface area contributed by atoms with E-state index < -0.39 is 18.3 Å². The summed E-state index contributed by atoms with van der Waals surface area (Å²) in [6.45, 7) is 8.44. The van der Waals surface area contributed by atoms with Crippen LogP contribution in [0.3, 0.4) is 0 Å². The summed E-state index contributed by atoms with van der Waals surface area (Å²) >= 11 is 6.12. The van der Waals surface area contributed by atoms with E-state index in [1.165, 1.54) is 147 Å². The lowest BCUT2D eigenvalue weighted by Gasteiger charge is -2.32. The molecule has 21 rings (SSSR count). The van der Waals surface area contributed by atoms with Gasteiger partial charge in [-0.25, -0.2) is 9.97 Å². The Balaban J connectivity index is 0.000000122. The number of rotatable bonds is 6. The largest absolute Gasteiger partial charge is 0.494 e. The molecule has 1 saturated heterocycles. The van der Waals surface area contributed by atoms with Gasteiger partial charge in [0, 0.05) is 27.1 Å². The number of pyridine rings is 2. The van der Waals surface area contributed by atoms with E-state index in [4.69, 9.17) is 25.9 Å². The van der Waals surface area contributed by atoms with Crippen molar-refractivity contribution in [1.29, 1.82) is 0 Å². The first-order valence-corrected chi connectivity index (χ1v) is 36.8. The summed E-state index contributed by atoms with van der Waals surface area (Å²) in [7, 11) is -0.436. The molecule has 0 atom stereocenters. The molecule has 0 unspecified atom stereocenters. The lowest BCUT2D eigenvalue weighted by Crippen LogP contribution is -2.41. The topological polar surface area (TPSA) is 44.2 Å². The molecule has 3 heterocycles. The van der Waals surface area contributed by atoms with E-state index >= 15 is 0 Å². The Kier molecular flexibility index (Phi) is 15.9. The maximum absolute atomic E-state index is 6.53. The van der Waals surface area contributed by atoms with Crippen molar-refractivity contribution in [1.82, 2.24) is 9.97 Å². The molecule has 18 aromatic carbocycles. The molecule has 0 radical (unpaired) electrons. The predicted octanol–water partition coefficient (Wildman–Crippen LogP) is 27.0. The summed E-state index contributed by atoms with van der Waals surface area (Å²) in [6, 6.07) is 127. The highest BCUT2D eigenvalue weighted by molar-refractivity contribution is 6.62. The fraction of sp³-hybridized carbons (Fsp3) is 0.0600. The normalized spacial score (nSPS) is 13.4. The van der Waals surface area contributed by atoms with E-state index in [1.54, 1.807) is 0 Å². The van der Waals surface area contributed by atoms with Crippen LogP contribution in [0.15, 0.2) is 352 Å². The van der Waals surface area contributed by atoms with Crippen LogP contribution in [0.2, 0.25) is 5.15 Å². The Morgan fingerprint density at radius 1 is 0.236 bits per heavy atom. The molecule has 0 bridgehead atoms. The van der Waals surface area contributed by atoms with Crippen LogP contribution >= 0.6 is 11.6 Å². The third-order valence-corrected chi connectivity index (χ3v) is 22.5. The second-order valence-electron chi connectivity index (χ2n) is 29.0. The highest BCUT2D eigenvalue weighted by Gasteiger charge is 2.52. The lowest BCUT2D eigenvalue weighted by molar-refractivity contribution is 0.00578. The number of halogens is 1. The number of fused-ring (bicyclic) bond motifs is 14. The molecular weight excluding hydrogens is 1310 g/mol. The number of nitrogens with zero attached hydrogens (tertiary/aromatic N) is 2. The molecule has 20 aromatic rings. The van der Waals surface area contributed by atoms with Crippen molar-refractivity contribution < 1.29 is 9.31 Å². The Morgan fingerprint density at radius 2 is 0.528 bits per heavy atom. The van der Waals surface area contributed by atoms with E-state index in [1.807, 2.05) is 36.4 Å². The molecular formula is C100H70BClN2O2. The molecule has 1 aliphatic rings. The molecule has 1 aliphatic heterocycles. The van der Waals surface area contributed by atoms with Crippen molar-refractivity contribution in [3.63, 3.8) is 0 Å². The van der Waals surface area contributed by atoms with Crippen LogP contribution in [0.1, 0.15) is 27.7 Å². The van der Waals surface area contributed by atoms with Gasteiger partial charge in [-0.3, -0.25) is 0 Å². The Labute approximate surface area is 620 Å². The molecule has 0 saturated carbocycles. The molecule has 0 aliphatic carbocycles. The number of hydrogen-bond acceptors (Lipinski definition) is 4. The van der Waals surface area contributed by atoms with E-state index in [9.17, 15) is 0 Å². The van der Waals surface area contributed by atoms with Crippen molar-refractivity contribution in [3.05, 3.63) is 357 Å². The Bertz CT molecular complexity index is 6950. The predicted molar refractivity (Wildman–Crippen MR) is 453 cm³/mol. The van der Waals surface area contributed by atoms with Gasteiger partial charge in [0.2, 0.25) is 0 Å². The van der Waals surface area contributed by atoms with Crippen LogP contribution < -0.4 is 5.46 Å². The SMILES string of the molecule is CC1(C)OB(c2ccc3c(-c4ccc5ccccc5c4)c4ccccc4c(-c4ccc5ccccc5c4)c3c2)OC1(C)C.Clc1nc2ccccc2c2ccccc12.c1ccc2cc(-c3c4ccccc4c(-c4ccc5ccccc5c4)c4cc(-c5nc6ccccc6c6ccccc56)ccc34)ccc2c1. The van der Waals surface area contributed by atoms with Crippen LogP contribution in [0.4, 0.5) is 0 Å².